The molecule has 0 bridgehead atoms. The van der Waals surface area contributed by atoms with E-state index in [1.807, 2.05) is 31.2 Å². The van der Waals surface area contributed by atoms with Crippen LogP contribution in [0, 0.1) is 6.92 Å². The van der Waals surface area contributed by atoms with Crippen LogP contribution in [-0.2, 0) is 23.0 Å². The van der Waals surface area contributed by atoms with E-state index in [4.69, 9.17) is 0 Å². The van der Waals surface area contributed by atoms with Gasteiger partial charge in [-0.25, -0.2) is 13.4 Å². The molecule has 9 heteroatoms. The molecule has 1 aromatic carbocycles. The number of carbonyl (C=O) groups is 1. The average Bonchev–Trinajstić information content (AvgIpc) is 3.17. The number of amides is 1. The lowest BCUT2D eigenvalue weighted by atomic mass is 10.1. The van der Waals surface area contributed by atoms with E-state index in [0.29, 0.717) is 48.6 Å². The fourth-order valence-corrected chi connectivity index (χ4v) is 4.74. The molecule has 29 heavy (non-hydrogen) atoms. The average molecular weight is 417 g/mol. The number of likely N-dealkylation sites (tertiary alicyclic amines) is 1. The first-order chi connectivity index (χ1) is 13.7. The molecule has 0 saturated carbocycles. The molecule has 0 spiro atoms. The molecule has 154 valence electrons. The van der Waals surface area contributed by atoms with Crippen molar-refractivity contribution in [3.63, 3.8) is 0 Å². The largest absolute Gasteiger partial charge is 0.338 e. The number of nitrogens with zero attached hydrogens (tertiary/aromatic N) is 3. The Morgan fingerprint density at radius 1 is 1.21 bits per heavy atom. The highest BCUT2D eigenvalue weighted by Crippen LogP contribution is 2.27. The van der Waals surface area contributed by atoms with Crippen LogP contribution in [0.15, 0.2) is 29.1 Å². The highest BCUT2D eigenvalue weighted by atomic mass is 32.2. The van der Waals surface area contributed by atoms with Crippen molar-refractivity contribution in [2.45, 2.75) is 32.2 Å². The summed E-state index contributed by atoms with van der Waals surface area (Å²) >= 11 is 0. The Hall–Kier alpha value is -2.52. The first-order valence-electron chi connectivity index (χ1n) is 9.65. The van der Waals surface area contributed by atoms with E-state index in [0.717, 1.165) is 11.8 Å². The monoisotopic (exact) mass is 416 g/mol. The number of rotatable bonds is 3. The number of carbonyl (C=O) groups excluding carboxylic acids is 1. The minimum atomic E-state index is -3.34. The van der Waals surface area contributed by atoms with Gasteiger partial charge in [0, 0.05) is 36.7 Å². The molecule has 1 atom stereocenters. The molecular weight excluding hydrogens is 392 g/mol. The Morgan fingerprint density at radius 2 is 1.93 bits per heavy atom. The summed E-state index contributed by atoms with van der Waals surface area (Å²) < 4.78 is 25.1. The van der Waals surface area contributed by atoms with Crippen LogP contribution in [0.25, 0.3) is 0 Å². The van der Waals surface area contributed by atoms with Crippen molar-refractivity contribution in [3.05, 3.63) is 62.8 Å². The van der Waals surface area contributed by atoms with Crippen LogP contribution in [0.5, 0.6) is 0 Å². The minimum Gasteiger partial charge on any atom is -0.338 e. The van der Waals surface area contributed by atoms with Crippen LogP contribution in [-0.4, -0.2) is 59.4 Å². The first kappa shape index (κ1) is 19.8. The van der Waals surface area contributed by atoms with Gasteiger partial charge in [-0.3, -0.25) is 9.59 Å². The van der Waals surface area contributed by atoms with Crippen LogP contribution >= 0.6 is 0 Å². The molecular formula is C20H24N4O4S. The summed E-state index contributed by atoms with van der Waals surface area (Å²) in [4.78, 5) is 34.5. The Bertz CT molecular complexity index is 1110. The van der Waals surface area contributed by atoms with E-state index in [1.54, 1.807) is 4.90 Å². The van der Waals surface area contributed by atoms with Crippen molar-refractivity contribution < 1.29 is 13.2 Å². The normalized spacial score (nSPS) is 19.9. The number of aromatic amines is 1. The second-order valence-corrected chi connectivity index (χ2v) is 9.81. The molecule has 1 fully saturated rings. The fraction of sp³-hybridized carbons (Fsp3) is 0.450. The summed E-state index contributed by atoms with van der Waals surface area (Å²) in [6.45, 7) is 3.45. The van der Waals surface area contributed by atoms with E-state index in [9.17, 15) is 18.0 Å². The quantitative estimate of drug-likeness (QED) is 0.805. The van der Waals surface area contributed by atoms with E-state index < -0.39 is 10.0 Å². The SMILES string of the molecule is Cc1ccc(C(=O)N2CC[C@H](c3nc4c(c(=O)[nH]3)CCN(S(C)(=O)=O)C4)C2)cc1. The van der Waals surface area contributed by atoms with Gasteiger partial charge in [0.05, 0.1) is 18.5 Å². The summed E-state index contributed by atoms with van der Waals surface area (Å²) in [6.07, 6.45) is 2.22. The van der Waals surface area contributed by atoms with E-state index in [-0.39, 0.29) is 30.5 Å². The third-order valence-electron chi connectivity index (χ3n) is 5.69. The Labute approximate surface area is 169 Å². The molecule has 1 N–H and O–H groups in total. The number of hydrogen-bond donors (Lipinski definition) is 1. The summed E-state index contributed by atoms with van der Waals surface area (Å²) in [5.74, 6) is 0.426. The second kappa shape index (κ2) is 7.38. The van der Waals surface area contributed by atoms with Gasteiger partial charge >= 0.3 is 0 Å². The van der Waals surface area contributed by atoms with Gasteiger partial charge in [-0.1, -0.05) is 17.7 Å². The second-order valence-electron chi connectivity index (χ2n) is 7.83. The molecule has 1 aromatic heterocycles. The zero-order valence-corrected chi connectivity index (χ0v) is 17.3. The van der Waals surface area contributed by atoms with Gasteiger partial charge < -0.3 is 9.88 Å². The number of hydrogen-bond acceptors (Lipinski definition) is 5. The molecule has 1 saturated heterocycles. The maximum Gasteiger partial charge on any atom is 0.254 e. The summed E-state index contributed by atoms with van der Waals surface area (Å²) in [5.41, 5.74) is 2.61. The summed E-state index contributed by atoms with van der Waals surface area (Å²) in [7, 11) is -3.34. The number of aromatic nitrogens is 2. The predicted molar refractivity (Wildman–Crippen MR) is 108 cm³/mol. The molecule has 3 heterocycles. The zero-order valence-electron chi connectivity index (χ0n) is 16.5. The maximum atomic E-state index is 12.7. The molecule has 0 radical (unpaired) electrons. The van der Waals surface area contributed by atoms with Crippen molar-refractivity contribution in [1.29, 1.82) is 0 Å². The molecule has 4 rings (SSSR count). The molecule has 1 amide bonds. The van der Waals surface area contributed by atoms with Crippen LogP contribution < -0.4 is 5.56 Å². The number of nitrogens with one attached hydrogen (secondary N) is 1. The molecule has 2 aliphatic heterocycles. The highest BCUT2D eigenvalue weighted by Gasteiger charge is 2.32. The van der Waals surface area contributed by atoms with Crippen molar-refractivity contribution in [3.8, 4) is 0 Å². The van der Waals surface area contributed by atoms with E-state index >= 15 is 0 Å². The van der Waals surface area contributed by atoms with Gasteiger partial charge in [0.15, 0.2) is 0 Å². The predicted octanol–water partition coefficient (Wildman–Crippen LogP) is 1.03. The lowest BCUT2D eigenvalue weighted by Crippen LogP contribution is -2.39. The van der Waals surface area contributed by atoms with E-state index in [2.05, 4.69) is 9.97 Å². The first-order valence-corrected chi connectivity index (χ1v) is 11.5. The summed E-state index contributed by atoms with van der Waals surface area (Å²) in [6, 6.07) is 7.47. The molecule has 0 aliphatic carbocycles. The van der Waals surface area contributed by atoms with Gasteiger partial charge in [-0.05, 0) is 31.9 Å². The fourth-order valence-electron chi connectivity index (χ4n) is 3.96. The van der Waals surface area contributed by atoms with Crippen molar-refractivity contribution in [2.75, 3.05) is 25.9 Å². The Balaban J connectivity index is 1.54. The van der Waals surface area contributed by atoms with Gasteiger partial charge in [0.25, 0.3) is 11.5 Å². The Morgan fingerprint density at radius 3 is 2.62 bits per heavy atom. The lowest BCUT2D eigenvalue weighted by Gasteiger charge is -2.26. The Kier molecular flexibility index (Phi) is 5.04. The van der Waals surface area contributed by atoms with Gasteiger partial charge in [-0.2, -0.15) is 4.31 Å². The molecule has 2 aromatic rings. The standard InChI is InChI=1S/C20H24N4O4S/c1-13-3-5-14(6-4-13)20(26)23-9-7-15(11-23)18-21-17-12-24(29(2,27)28)10-8-16(17)19(25)22-18/h3-6,15H,7-12H2,1-2H3,(H,21,22,25)/t15-/m0/s1. The van der Waals surface area contributed by atoms with Crippen LogP contribution in [0.1, 0.15) is 45.3 Å². The van der Waals surface area contributed by atoms with Crippen molar-refractivity contribution >= 4 is 15.9 Å². The zero-order chi connectivity index (χ0) is 20.8. The van der Waals surface area contributed by atoms with Crippen molar-refractivity contribution in [1.82, 2.24) is 19.2 Å². The minimum absolute atomic E-state index is 0.0314. The number of benzene rings is 1. The lowest BCUT2D eigenvalue weighted by molar-refractivity contribution is 0.0790. The number of aryl methyl sites for hydroxylation is 1. The molecule has 8 nitrogen and oxygen atoms in total. The van der Waals surface area contributed by atoms with Crippen LogP contribution in [0.2, 0.25) is 0 Å². The summed E-state index contributed by atoms with van der Waals surface area (Å²) in [5, 5.41) is 0. The maximum absolute atomic E-state index is 12.7. The molecule has 2 aliphatic rings. The van der Waals surface area contributed by atoms with Gasteiger partial charge in [0.2, 0.25) is 10.0 Å². The van der Waals surface area contributed by atoms with Crippen molar-refractivity contribution in [2.24, 2.45) is 0 Å². The number of fused-ring (bicyclic) bond motifs is 1. The van der Waals surface area contributed by atoms with Gasteiger partial charge in [0.1, 0.15) is 5.82 Å². The topological polar surface area (TPSA) is 103 Å². The van der Waals surface area contributed by atoms with Crippen LogP contribution in [0.4, 0.5) is 0 Å². The van der Waals surface area contributed by atoms with E-state index in [1.165, 1.54) is 4.31 Å². The third-order valence-corrected chi connectivity index (χ3v) is 6.94. The number of sulfonamides is 1. The highest BCUT2D eigenvalue weighted by molar-refractivity contribution is 7.88. The third kappa shape index (κ3) is 3.97. The van der Waals surface area contributed by atoms with Gasteiger partial charge in [-0.15, -0.1) is 0 Å². The smallest absolute Gasteiger partial charge is 0.254 e. The molecule has 0 unspecified atom stereocenters. The van der Waals surface area contributed by atoms with Crippen LogP contribution in [0.3, 0.4) is 0 Å². The number of H-pyrrole nitrogens is 1.